The Balaban J connectivity index is 0. The summed E-state index contributed by atoms with van der Waals surface area (Å²) in [5, 5.41) is 0. The molecule has 0 aliphatic rings. The van der Waals surface area contributed by atoms with Gasteiger partial charge >= 0.3 is 11.9 Å². The molecule has 0 bridgehead atoms. The maximum atomic E-state index is 11.0. The van der Waals surface area contributed by atoms with E-state index in [1.54, 1.807) is 0 Å². The van der Waals surface area contributed by atoms with Crippen molar-refractivity contribution in [2.75, 3.05) is 14.2 Å². The number of esters is 2. The van der Waals surface area contributed by atoms with Crippen molar-refractivity contribution in [3.63, 3.8) is 0 Å². The summed E-state index contributed by atoms with van der Waals surface area (Å²) in [6.07, 6.45) is 7.16. The zero-order valence-corrected chi connectivity index (χ0v) is 17.9. The highest BCUT2D eigenvalue weighted by molar-refractivity contribution is 5.72. The lowest BCUT2D eigenvalue weighted by atomic mass is 9.88. The van der Waals surface area contributed by atoms with E-state index in [1.165, 1.54) is 19.8 Å². The van der Waals surface area contributed by atoms with Gasteiger partial charge in [-0.1, -0.05) is 52.7 Å². The highest BCUT2D eigenvalue weighted by Crippen LogP contribution is 2.23. The predicted octanol–water partition coefficient (Wildman–Crippen LogP) is 5.55. The van der Waals surface area contributed by atoms with Crippen LogP contribution in [0.1, 0.15) is 80.6 Å². The van der Waals surface area contributed by atoms with Gasteiger partial charge in [-0.2, -0.15) is 0 Å². The molecule has 0 saturated heterocycles. The molecule has 2 atom stereocenters. The summed E-state index contributed by atoms with van der Waals surface area (Å²) in [7, 11) is 2.88. The molecule has 0 N–H and O–H groups in total. The number of allylic oxidation sites excluding steroid dienone is 2. The summed E-state index contributed by atoms with van der Waals surface area (Å²) >= 11 is 0. The van der Waals surface area contributed by atoms with Gasteiger partial charge in [0, 0.05) is 0 Å². The third-order valence-electron chi connectivity index (χ3n) is 3.92. The Hall–Kier alpha value is -1.32. The molecule has 4 heteroatoms. The Morgan fingerprint density at radius 1 is 0.920 bits per heavy atom. The monoisotopic (exact) mass is 356 g/mol. The van der Waals surface area contributed by atoms with Gasteiger partial charge in [-0.05, 0) is 44.9 Å². The smallest absolute Gasteiger partial charge is 0.308 e. The van der Waals surface area contributed by atoms with Gasteiger partial charge in [0.15, 0.2) is 0 Å². The van der Waals surface area contributed by atoms with E-state index in [-0.39, 0.29) is 23.8 Å². The standard InChI is InChI=1S/C11H22O2.C10H18O2/c1-9(10(12)13-5)7-6-8-11(2,3)4;1-8(2)6-5-7-9(3)10(11)12-4/h9H,6-8H2,1-5H3;6,9H,5,7H2,1-4H3. The number of carbonyl (C=O) groups excluding carboxylic acids is 2. The molecule has 25 heavy (non-hydrogen) atoms. The topological polar surface area (TPSA) is 52.6 Å². The second-order valence-corrected chi connectivity index (χ2v) is 8.16. The van der Waals surface area contributed by atoms with Crippen LogP contribution in [-0.4, -0.2) is 26.2 Å². The Morgan fingerprint density at radius 3 is 1.72 bits per heavy atom. The van der Waals surface area contributed by atoms with Gasteiger partial charge in [-0.25, -0.2) is 0 Å². The molecule has 0 heterocycles. The van der Waals surface area contributed by atoms with E-state index < -0.39 is 0 Å². The molecule has 0 aliphatic heterocycles. The molecule has 2 unspecified atom stereocenters. The van der Waals surface area contributed by atoms with Gasteiger partial charge in [0.2, 0.25) is 0 Å². The first-order valence-corrected chi connectivity index (χ1v) is 9.23. The van der Waals surface area contributed by atoms with Crippen molar-refractivity contribution < 1.29 is 19.1 Å². The molecule has 0 aliphatic carbocycles. The van der Waals surface area contributed by atoms with Crippen LogP contribution in [0.5, 0.6) is 0 Å². The molecule has 0 rings (SSSR count). The number of rotatable bonds is 8. The van der Waals surface area contributed by atoms with Gasteiger partial charge < -0.3 is 9.47 Å². The Labute approximate surface area is 155 Å². The van der Waals surface area contributed by atoms with E-state index in [1.807, 2.05) is 13.8 Å². The summed E-state index contributed by atoms with van der Waals surface area (Å²) in [5.74, 6) is -0.135. The molecule has 148 valence electrons. The first-order valence-electron chi connectivity index (χ1n) is 9.23. The first-order chi connectivity index (χ1) is 11.4. The zero-order valence-electron chi connectivity index (χ0n) is 17.9. The average molecular weight is 357 g/mol. The molecule has 0 radical (unpaired) electrons. The lowest BCUT2D eigenvalue weighted by Gasteiger charge is -2.18. The largest absolute Gasteiger partial charge is 0.469 e. The summed E-state index contributed by atoms with van der Waals surface area (Å²) in [5.41, 5.74) is 1.67. The lowest BCUT2D eigenvalue weighted by molar-refractivity contribution is -0.145. The second kappa shape index (κ2) is 13.9. The minimum absolute atomic E-state index is 0.0191. The first kappa shape index (κ1) is 25.9. The summed E-state index contributed by atoms with van der Waals surface area (Å²) < 4.78 is 9.27. The third kappa shape index (κ3) is 17.3. The fraction of sp³-hybridized carbons (Fsp3) is 0.810. The van der Waals surface area contributed by atoms with Crippen LogP contribution in [0.15, 0.2) is 11.6 Å². The third-order valence-corrected chi connectivity index (χ3v) is 3.92. The van der Waals surface area contributed by atoms with Crippen LogP contribution in [0.25, 0.3) is 0 Å². The highest BCUT2D eigenvalue weighted by atomic mass is 16.5. The molecule has 0 amide bonds. The molecular weight excluding hydrogens is 316 g/mol. The quantitative estimate of drug-likeness (QED) is 0.422. The SMILES string of the molecule is COC(=O)C(C)CCC=C(C)C.COC(=O)C(C)CCCC(C)(C)C. The number of ether oxygens (including phenoxy) is 2. The van der Waals surface area contributed by atoms with Crippen LogP contribution in [0.4, 0.5) is 0 Å². The van der Waals surface area contributed by atoms with Crippen molar-refractivity contribution in [1.82, 2.24) is 0 Å². The van der Waals surface area contributed by atoms with Gasteiger partial charge in [-0.3, -0.25) is 9.59 Å². The maximum Gasteiger partial charge on any atom is 0.308 e. The second-order valence-electron chi connectivity index (χ2n) is 8.16. The number of hydrogen-bond acceptors (Lipinski definition) is 4. The van der Waals surface area contributed by atoms with Crippen molar-refractivity contribution in [2.45, 2.75) is 80.6 Å². The molecule has 0 aromatic heterocycles. The molecule has 0 aromatic rings. The van der Waals surface area contributed by atoms with E-state index in [9.17, 15) is 9.59 Å². The average Bonchev–Trinajstić information content (AvgIpc) is 2.51. The Kier molecular flexibility index (Phi) is 14.4. The maximum absolute atomic E-state index is 11.0. The minimum atomic E-state index is -0.114. The van der Waals surface area contributed by atoms with Crippen LogP contribution in [0.3, 0.4) is 0 Å². The number of hydrogen-bond donors (Lipinski definition) is 0. The normalized spacial score (nSPS) is 13.0. The van der Waals surface area contributed by atoms with Crippen LogP contribution < -0.4 is 0 Å². The van der Waals surface area contributed by atoms with E-state index in [2.05, 4.69) is 50.2 Å². The molecule has 4 nitrogen and oxygen atoms in total. The Morgan fingerprint density at radius 2 is 1.36 bits per heavy atom. The van der Waals surface area contributed by atoms with Gasteiger partial charge in [0.05, 0.1) is 26.1 Å². The van der Waals surface area contributed by atoms with Crippen LogP contribution in [-0.2, 0) is 19.1 Å². The summed E-state index contributed by atoms with van der Waals surface area (Å²) in [4.78, 5) is 22.0. The fourth-order valence-electron chi connectivity index (χ4n) is 2.20. The number of methoxy groups -OCH3 is 2. The van der Waals surface area contributed by atoms with Crippen molar-refractivity contribution in [3.8, 4) is 0 Å². The number of carbonyl (C=O) groups is 2. The van der Waals surface area contributed by atoms with Gasteiger partial charge in [-0.15, -0.1) is 0 Å². The van der Waals surface area contributed by atoms with Crippen LogP contribution in [0.2, 0.25) is 0 Å². The highest BCUT2D eigenvalue weighted by Gasteiger charge is 2.15. The molecular formula is C21H40O4. The minimum Gasteiger partial charge on any atom is -0.469 e. The summed E-state index contributed by atoms with van der Waals surface area (Å²) in [6.45, 7) is 14.6. The van der Waals surface area contributed by atoms with Crippen molar-refractivity contribution in [2.24, 2.45) is 17.3 Å². The van der Waals surface area contributed by atoms with Crippen LogP contribution in [0, 0.1) is 17.3 Å². The lowest BCUT2D eigenvalue weighted by Crippen LogP contribution is -2.13. The van der Waals surface area contributed by atoms with Crippen LogP contribution >= 0.6 is 0 Å². The predicted molar refractivity (Wildman–Crippen MR) is 104 cm³/mol. The van der Waals surface area contributed by atoms with Crippen molar-refractivity contribution >= 4 is 11.9 Å². The van der Waals surface area contributed by atoms with E-state index >= 15 is 0 Å². The molecule has 0 fully saturated rings. The van der Waals surface area contributed by atoms with E-state index in [4.69, 9.17) is 0 Å². The molecule has 0 aromatic carbocycles. The Bertz CT molecular complexity index is 401. The van der Waals surface area contributed by atoms with Crippen molar-refractivity contribution in [3.05, 3.63) is 11.6 Å². The fourth-order valence-corrected chi connectivity index (χ4v) is 2.20. The van der Waals surface area contributed by atoms with E-state index in [0.717, 1.165) is 32.1 Å². The van der Waals surface area contributed by atoms with E-state index in [0.29, 0.717) is 5.41 Å². The zero-order chi connectivity index (χ0) is 20.0. The molecule has 0 saturated carbocycles. The van der Waals surface area contributed by atoms with Crippen molar-refractivity contribution in [1.29, 1.82) is 0 Å². The van der Waals surface area contributed by atoms with Gasteiger partial charge in [0.1, 0.15) is 0 Å². The van der Waals surface area contributed by atoms with Gasteiger partial charge in [0.25, 0.3) is 0 Å². The molecule has 0 spiro atoms. The summed E-state index contributed by atoms with van der Waals surface area (Å²) in [6, 6.07) is 0.